The predicted molar refractivity (Wildman–Crippen MR) is 89.2 cm³/mol. The van der Waals surface area contributed by atoms with Crippen molar-refractivity contribution in [3.05, 3.63) is 0 Å². The van der Waals surface area contributed by atoms with Crippen molar-refractivity contribution >= 4 is 12.0 Å². The SMILES string of the molecule is CC(C)(C)OC(=O)NCC1CCCC1NCCC(=O)NC1CC1. The van der Waals surface area contributed by atoms with Crippen LogP contribution < -0.4 is 16.0 Å². The summed E-state index contributed by atoms with van der Waals surface area (Å²) in [4.78, 5) is 23.4. The molecule has 2 amide bonds. The van der Waals surface area contributed by atoms with Crippen LogP contribution in [0.2, 0.25) is 0 Å². The lowest BCUT2D eigenvalue weighted by atomic mass is 10.0. The van der Waals surface area contributed by atoms with Crippen molar-refractivity contribution in [1.29, 1.82) is 0 Å². The van der Waals surface area contributed by atoms with E-state index in [-0.39, 0.29) is 12.0 Å². The summed E-state index contributed by atoms with van der Waals surface area (Å²) >= 11 is 0. The van der Waals surface area contributed by atoms with Crippen molar-refractivity contribution in [1.82, 2.24) is 16.0 Å². The number of hydrogen-bond acceptors (Lipinski definition) is 4. The molecule has 132 valence electrons. The first-order chi connectivity index (χ1) is 10.8. The van der Waals surface area contributed by atoms with Crippen LogP contribution in [0.3, 0.4) is 0 Å². The van der Waals surface area contributed by atoms with E-state index in [1.54, 1.807) is 0 Å². The zero-order valence-electron chi connectivity index (χ0n) is 14.6. The summed E-state index contributed by atoms with van der Waals surface area (Å²) in [6, 6.07) is 0.804. The van der Waals surface area contributed by atoms with Crippen LogP contribution in [0.1, 0.15) is 59.3 Å². The van der Waals surface area contributed by atoms with Gasteiger partial charge in [-0.1, -0.05) is 6.42 Å². The normalized spacial score (nSPS) is 24.3. The van der Waals surface area contributed by atoms with Crippen molar-refractivity contribution in [2.45, 2.75) is 77.0 Å². The van der Waals surface area contributed by atoms with Gasteiger partial charge in [0.25, 0.3) is 0 Å². The van der Waals surface area contributed by atoms with Gasteiger partial charge in [-0.15, -0.1) is 0 Å². The molecular formula is C17H31N3O3. The largest absolute Gasteiger partial charge is 0.444 e. The summed E-state index contributed by atoms with van der Waals surface area (Å²) in [5.74, 6) is 0.551. The van der Waals surface area contributed by atoms with Gasteiger partial charge in [-0.05, 0) is 52.4 Å². The quantitative estimate of drug-likeness (QED) is 0.668. The second kappa shape index (κ2) is 7.99. The minimum atomic E-state index is -0.466. The molecule has 2 atom stereocenters. The molecule has 0 heterocycles. The fourth-order valence-electron chi connectivity index (χ4n) is 2.98. The molecule has 2 saturated carbocycles. The van der Waals surface area contributed by atoms with Crippen molar-refractivity contribution < 1.29 is 14.3 Å². The van der Waals surface area contributed by atoms with Gasteiger partial charge in [0.2, 0.25) is 5.91 Å². The fraction of sp³-hybridized carbons (Fsp3) is 0.882. The van der Waals surface area contributed by atoms with E-state index in [4.69, 9.17) is 4.74 Å². The second-order valence-corrected chi connectivity index (χ2v) is 7.73. The molecular weight excluding hydrogens is 294 g/mol. The first-order valence-corrected chi connectivity index (χ1v) is 8.83. The molecule has 23 heavy (non-hydrogen) atoms. The number of rotatable bonds is 7. The van der Waals surface area contributed by atoms with Gasteiger partial charge in [-0.25, -0.2) is 4.79 Å². The molecule has 2 fully saturated rings. The molecule has 2 aliphatic carbocycles. The highest BCUT2D eigenvalue weighted by molar-refractivity contribution is 5.76. The number of hydrogen-bond donors (Lipinski definition) is 3. The summed E-state index contributed by atoms with van der Waals surface area (Å²) in [7, 11) is 0. The fourth-order valence-corrected chi connectivity index (χ4v) is 2.98. The third kappa shape index (κ3) is 7.20. The topological polar surface area (TPSA) is 79.5 Å². The number of carbonyl (C=O) groups is 2. The maximum atomic E-state index is 11.7. The molecule has 6 nitrogen and oxygen atoms in total. The number of carbonyl (C=O) groups excluding carboxylic acids is 2. The minimum absolute atomic E-state index is 0.140. The average molecular weight is 325 g/mol. The number of amides is 2. The van der Waals surface area contributed by atoms with Gasteiger partial charge >= 0.3 is 6.09 Å². The summed E-state index contributed by atoms with van der Waals surface area (Å²) in [5.41, 5.74) is -0.466. The summed E-state index contributed by atoms with van der Waals surface area (Å²) in [5, 5.41) is 9.34. The van der Waals surface area contributed by atoms with Gasteiger partial charge < -0.3 is 20.7 Å². The molecule has 3 N–H and O–H groups in total. The highest BCUT2D eigenvalue weighted by Crippen LogP contribution is 2.25. The van der Waals surface area contributed by atoms with Crippen molar-refractivity contribution in [2.24, 2.45) is 5.92 Å². The van der Waals surface area contributed by atoms with Crippen LogP contribution in [0.15, 0.2) is 0 Å². The van der Waals surface area contributed by atoms with Crippen LogP contribution in [0.5, 0.6) is 0 Å². The lowest BCUT2D eigenvalue weighted by Gasteiger charge is -2.23. The van der Waals surface area contributed by atoms with E-state index in [0.717, 1.165) is 32.1 Å². The first-order valence-electron chi connectivity index (χ1n) is 8.83. The Morgan fingerprint density at radius 3 is 2.52 bits per heavy atom. The van der Waals surface area contributed by atoms with E-state index >= 15 is 0 Å². The van der Waals surface area contributed by atoms with Gasteiger partial charge in [-0.3, -0.25) is 4.79 Å². The second-order valence-electron chi connectivity index (χ2n) is 7.73. The van der Waals surface area contributed by atoms with E-state index in [1.165, 1.54) is 0 Å². The van der Waals surface area contributed by atoms with Crippen LogP contribution in [0, 0.1) is 5.92 Å². The third-order valence-corrected chi connectivity index (χ3v) is 4.27. The zero-order chi connectivity index (χ0) is 16.9. The highest BCUT2D eigenvalue weighted by Gasteiger charge is 2.28. The molecule has 2 unspecified atom stereocenters. The van der Waals surface area contributed by atoms with Gasteiger partial charge in [0.1, 0.15) is 5.60 Å². The number of ether oxygens (including phenoxy) is 1. The highest BCUT2D eigenvalue weighted by atomic mass is 16.6. The summed E-state index contributed by atoms with van der Waals surface area (Å²) in [6.45, 7) is 6.91. The molecule has 0 aromatic carbocycles. The van der Waals surface area contributed by atoms with Crippen LogP contribution in [0.25, 0.3) is 0 Å². The van der Waals surface area contributed by atoms with Gasteiger partial charge in [0, 0.05) is 31.6 Å². The van der Waals surface area contributed by atoms with E-state index in [2.05, 4.69) is 16.0 Å². The lowest BCUT2D eigenvalue weighted by molar-refractivity contribution is -0.121. The van der Waals surface area contributed by atoms with Gasteiger partial charge in [-0.2, -0.15) is 0 Å². The van der Waals surface area contributed by atoms with Gasteiger partial charge in [0.15, 0.2) is 0 Å². The number of alkyl carbamates (subject to hydrolysis) is 1. The Morgan fingerprint density at radius 1 is 1.13 bits per heavy atom. The minimum Gasteiger partial charge on any atom is -0.444 e. The van der Waals surface area contributed by atoms with Crippen molar-refractivity contribution in [3.63, 3.8) is 0 Å². The van der Waals surface area contributed by atoms with Crippen LogP contribution >= 0.6 is 0 Å². The maximum absolute atomic E-state index is 11.7. The number of nitrogens with one attached hydrogen (secondary N) is 3. The van der Waals surface area contributed by atoms with Crippen LogP contribution in [0.4, 0.5) is 4.79 Å². The first kappa shape index (κ1) is 18.0. The summed E-state index contributed by atoms with van der Waals surface area (Å²) in [6.07, 6.45) is 5.78. The Balaban J connectivity index is 1.62. The Hall–Kier alpha value is -1.30. The van der Waals surface area contributed by atoms with Crippen molar-refractivity contribution in [3.8, 4) is 0 Å². The molecule has 0 saturated heterocycles. The maximum Gasteiger partial charge on any atom is 0.407 e. The van der Waals surface area contributed by atoms with Gasteiger partial charge in [0.05, 0.1) is 0 Å². The van der Waals surface area contributed by atoms with E-state index in [9.17, 15) is 9.59 Å². The van der Waals surface area contributed by atoms with E-state index in [1.807, 2.05) is 20.8 Å². The Labute approximate surface area is 139 Å². The molecule has 2 rings (SSSR count). The monoisotopic (exact) mass is 325 g/mol. The van der Waals surface area contributed by atoms with Crippen LogP contribution in [-0.2, 0) is 9.53 Å². The van der Waals surface area contributed by atoms with Crippen molar-refractivity contribution in [2.75, 3.05) is 13.1 Å². The Morgan fingerprint density at radius 2 is 1.87 bits per heavy atom. The molecule has 0 radical (unpaired) electrons. The molecule has 0 spiro atoms. The molecule has 0 aromatic rings. The molecule has 2 aliphatic rings. The zero-order valence-corrected chi connectivity index (χ0v) is 14.6. The average Bonchev–Trinajstić information content (AvgIpc) is 3.12. The Bertz CT molecular complexity index is 416. The molecule has 0 aliphatic heterocycles. The molecule has 6 heteroatoms. The van der Waals surface area contributed by atoms with Crippen LogP contribution in [-0.4, -0.2) is 42.8 Å². The third-order valence-electron chi connectivity index (χ3n) is 4.27. The summed E-state index contributed by atoms with van der Waals surface area (Å²) < 4.78 is 5.26. The Kier molecular flexibility index (Phi) is 6.27. The molecule has 0 bridgehead atoms. The smallest absolute Gasteiger partial charge is 0.407 e. The lowest BCUT2D eigenvalue weighted by Crippen LogP contribution is -2.42. The van der Waals surface area contributed by atoms with E-state index < -0.39 is 5.60 Å². The molecule has 0 aromatic heterocycles. The standard InChI is InChI=1S/C17H31N3O3/c1-17(2,3)23-16(22)19-11-12-5-4-6-14(12)18-10-9-15(21)20-13-7-8-13/h12-14,18H,4-11H2,1-3H3,(H,19,22)(H,20,21). The van der Waals surface area contributed by atoms with E-state index in [0.29, 0.717) is 37.5 Å². The predicted octanol–water partition coefficient (Wildman–Crippen LogP) is 1.94.